The van der Waals surface area contributed by atoms with Crippen molar-refractivity contribution in [1.29, 1.82) is 0 Å². The molecule has 2 heterocycles. The predicted molar refractivity (Wildman–Crippen MR) is 122 cm³/mol. The molecule has 0 aliphatic rings. The van der Waals surface area contributed by atoms with Crippen LogP contribution in [0.2, 0.25) is 0 Å². The normalized spacial score (nSPS) is 11.2. The monoisotopic (exact) mass is 411 g/mol. The number of aromatic nitrogens is 1. The second kappa shape index (κ2) is 7.35. The van der Waals surface area contributed by atoms with Crippen molar-refractivity contribution in [1.82, 2.24) is 4.57 Å². The van der Waals surface area contributed by atoms with Crippen LogP contribution in [0.15, 0.2) is 71.4 Å². The Kier molecular flexibility index (Phi) is 4.52. The molecule has 1 radical (unpaired) electrons. The maximum atomic E-state index is 12.1. The van der Waals surface area contributed by atoms with Crippen molar-refractivity contribution in [3.8, 4) is 16.9 Å². The third kappa shape index (κ3) is 3.04. The first-order valence-electron chi connectivity index (χ1n) is 9.57. The minimum Gasteiger partial charge on any atom is -0.497 e. The molecule has 5 heteroatoms. The maximum Gasteiger partial charge on any atom is 0.249 e. The van der Waals surface area contributed by atoms with E-state index in [1.54, 1.807) is 24.5 Å². The zero-order chi connectivity index (χ0) is 20.7. The van der Waals surface area contributed by atoms with Gasteiger partial charge in [0.05, 0.1) is 18.1 Å². The SMILES string of the molecule is COc1ccc(-c2c[c]c3c4c(C(N)=O)cccc4n(Cc4ccsc4)c3c2)cc1. The number of methoxy groups -OCH3 is 1. The van der Waals surface area contributed by atoms with Crippen molar-refractivity contribution in [2.24, 2.45) is 5.73 Å². The van der Waals surface area contributed by atoms with Crippen LogP contribution in [-0.2, 0) is 6.54 Å². The van der Waals surface area contributed by atoms with Gasteiger partial charge in [-0.3, -0.25) is 4.79 Å². The maximum absolute atomic E-state index is 12.1. The summed E-state index contributed by atoms with van der Waals surface area (Å²) in [6.45, 7) is 0.714. The molecule has 0 bridgehead atoms. The third-order valence-corrected chi connectivity index (χ3v) is 6.14. The lowest BCUT2D eigenvalue weighted by molar-refractivity contribution is 0.100. The number of fused-ring (bicyclic) bond motifs is 3. The molecule has 0 atom stereocenters. The molecule has 0 aliphatic heterocycles. The molecule has 2 aromatic heterocycles. The Hall–Kier alpha value is -3.57. The first-order chi connectivity index (χ1) is 14.7. The lowest BCUT2D eigenvalue weighted by Crippen LogP contribution is -2.11. The van der Waals surface area contributed by atoms with Gasteiger partial charge in [-0.05, 0) is 76.0 Å². The van der Waals surface area contributed by atoms with Gasteiger partial charge < -0.3 is 15.0 Å². The number of hydrogen-bond donors (Lipinski definition) is 1. The molecule has 3 aromatic carbocycles. The summed E-state index contributed by atoms with van der Waals surface area (Å²) in [6, 6.07) is 23.4. The molecule has 30 heavy (non-hydrogen) atoms. The number of hydrogen-bond acceptors (Lipinski definition) is 3. The van der Waals surface area contributed by atoms with Crippen molar-refractivity contribution in [2.45, 2.75) is 6.54 Å². The molecule has 4 nitrogen and oxygen atoms in total. The second-order valence-electron chi connectivity index (χ2n) is 7.16. The minimum atomic E-state index is -0.428. The van der Waals surface area contributed by atoms with Gasteiger partial charge in [-0.1, -0.05) is 18.2 Å². The average Bonchev–Trinajstić information content (AvgIpc) is 3.40. The molecule has 0 spiro atoms. The van der Waals surface area contributed by atoms with E-state index >= 15 is 0 Å². The molecule has 5 rings (SSSR count). The Morgan fingerprint density at radius 3 is 2.63 bits per heavy atom. The van der Waals surface area contributed by atoms with E-state index in [-0.39, 0.29) is 0 Å². The van der Waals surface area contributed by atoms with Crippen LogP contribution in [0.25, 0.3) is 32.9 Å². The highest BCUT2D eigenvalue weighted by Gasteiger charge is 2.17. The van der Waals surface area contributed by atoms with Crippen molar-refractivity contribution in [3.05, 3.63) is 88.6 Å². The van der Waals surface area contributed by atoms with Crippen LogP contribution < -0.4 is 10.5 Å². The van der Waals surface area contributed by atoms with E-state index in [9.17, 15) is 4.79 Å². The fourth-order valence-corrected chi connectivity index (χ4v) is 4.61. The Bertz CT molecular complexity index is 1370. The number of carbonyl (C=O) groups excluding carboxylic acids is 1. The Morgan fingerprint density at radius 1 is 1.10 bits per heavy atom. The summed E-state index contributed by atoms with van der Waals surface area (Å²) in [6.07, 6.45) is 0. The van der Waals surface area contributed by atoms with Crippen LogP contribution in [0.5, 0.6) is 5.75 Å². The van der Waals surface area contributed by atoms with Crippen LogP contribution >= 0.6 is 11.3 Å². The fraction of sp³-hybridized carbons (Fsp3) is 0.0800. The smallest absolute Gasteiger partial charge is 0.249 e. The number of amides is 1. The summed E-state index contributed by atoms with van der Waals surface area (Å²) in [5.74, 6) is 0.393. The van der Waals surface area contributed by atoms with Gasteiger partial charge in [-0.25, -0.2) is 0 Å². The lowest BCUT2D eigenvalue weighted by atomic mass is 10.0. The van der Waals surface area contributed by atoms with Crippen LogP contribution in [0.3, 0.4) is 0 Å². The van der Waals surface area contributed by atoms with E-state index in [1.165, 1.54) is 5.56 Å². The van der Waals surface area contributed by atoms with Gasteiger partial charge in [-0.2, -0.15) is 11.3 Å². The van der Waals surface area contributed by atoms with Gasteiger partial charge in [0.15, 0.2) is 0 Å². The molecular weight excluding hydrogens is 392 g/mol. The summed E-state index contributed by atoms with van der Waals surface area (Å²) in [7, 11) is 1.66. The summed E-state index contributed by atoms with van der Waals surface area (Å²) >= 11 is 1.68. The Morgan fingerprint density at radius 2 is 1.93 bits per heavy atom. The largest absolute Gasteiger partial charge is 0.497 e. The van der Waals surface area contributed by atoms with E-state index in [2.05, 4.69) is 33.5 Å². The van der Waals surface area contributed by atoms with Crippen molar-refractivity contribution in [3.63, 3.8) is 0 Å². The standard InChI is InChI=1S/C25H19N2O2S/c1-29-19-8-5-17(6-9-19)18-7-10-20-23(13-18)27(14-16-11-12-30-15-16)22-4-2-3-21(24(20)22)25(26)28/h2-9,11-13,15H,14H2,1H3,(H2,26,28). The fourth-order valence-electron chi connectivity index (χ4n) is 3.95. The second-order valence-corrected chi connectivity index (χ2v) is 7.94. The highest BCUT2D eigenvalue weighted by Crippen LogP contribution is 2.35. The van der Waals surface area contributed by atoms with Crippen LogP contribution in [-0.4, -0.2) is 17.6 Å². The molecule has 0 fully saturated rings. The number of ether oxygens (including phenoxy) is 1. The summed E-state index contributed by atoms with van der Waals surface area (Å²) in [5.41, 5.74) is 11.6. The molecule has 0 saturated carbocycles. The molecule has 0 saturated heterocycles. The first kappa shape index (κ1) is 18.5. The topological polar surface area (TPSA) is 57.2 Å². The van der Waals surface area contributed by atoms with Crippen molar-refractivity contribution in [2.75, 3.05) is 7.11 Å². The van der Waals surface area contributed by atoms with Gasteiger partial charge in [0, 0.05) is 22.9 Å². The first-order valence-corrected chi connectivity index (χ1v) is 10.5. The van der Waals surface area contributed by atoms with Crippen LogP contribution in [0.1, 0.15) is 15.9 Å². The number of carbonyl (C=O) groups is 1. The lowest BCUT2D eigenvalue weighted by Gasteiger charge is -2.08. The van der Waals surface area contributed by atoms with Crippen LogP contribution in [0.4, 0.5) is 0 Å². The third-order valence-electron chi connectivity index (χ3n) is 5.40. The number of benzene rings is 3. The number of rotatable bonds is 5. The zero-order valence-corrected chi connectivity index (χ0v) is 17.2. The van der Waals surface area contributed by atoms with Gasteiger partial charge in [0.1, 0.15) is 5.75 Å². The summed E-state index contributed by atoms with van der Waals surface area (Å²) in [5, 5.41) is 5.99. The molecule has 0 aliphatic carbocycles. The van der Waals surface area contributed by atoms with Crippen molar-refractivity contribution >= 4 is 39.0 Å². The van der Waals surface area contributed by atoms with E-state index in [4.69, 9.17) is 10.5 Å². The molecule has 0 unspecified atom stereocenters. The average molecular weight is 412 g/mol. The minimum absolute atomic E-state index is 0.428. The quantitative estimate of drug-likeness (QED) is 0.416. The Labute approximate surface area is 178 Å². The van der Waals surface area contributed by atoms with Gasteiger partial charge in [0.25, 0.3) is 0 Å². The molecule has 2 N–H and O–H groups in total. The molecule has 5 aromatic rings. The molecule has 1 amide bonds. The van der Waals surface area contributed by atoms with E-state index in [1.807, 2.05) is 42.5 Å². The highest BCUT2D eigenvalue weighted by atomic mass is 32.1. The van der Waals surface area contributed by atoms with E-state index in [0.717, 1.165) is 38.7 Å². The summed E-state index contributed by atoms with van der Waals surface area (Å²) in [4.78, 5) is 12.1. The van der Waals surface area contributed by atoms with E-state index in [0.29, 0.717) is 12.1 Å². The van der Waals surface area contributed by atoms with E-state index < -0.39 is 5.91 Å². The number of nitrogens with two attached hydrogens (primary N) is 1. The van der Waals surface area contributed by atoms with Crippen molar-refractivity contribution < 1.29 is 9.53 Å². The predicted octanol–water partition coefficient (Wildman–Crippen LogP) is 5.48. The zero-order valence-electron chi connectivity index (χ0n) is 16.4. The van der Waals surface area contributed by atoms with Gasteiger partial charge in [0.2, 0.25) is 5.91 Å². The highest BCUT2D eigenvalue weighted by molar-refractivity contribution is 7.07. The van der Waals surface area contributed by atoms with Crippen LogP contribution in [0, 0.1) is 6.07 Å². The molecule has 147 valence electrons. The number of primary amides is 1. The summed E-state index contributed by atoms with van der Waals surface area (Å²) < 4.78 is 7.51. The number of thiophene rings is 1. The van der Waals surface area contributed by atoms with Gasteiger partial charge in [-0.15, -0.1) is 0 Å². The molecular formula is C25H19N2O2S. The number of nitrogens with zero attached hydrogens (tertiary/aromatic N) is 1. The Balaban J connectivity index is 1.77. The van der Waals surface area contributed by atoms with Gasteiger partial charge >= 0.3 is 0 Å².